The molecule has 1 unspecified atom stereocenters. The first-order valence-electron chi connectivity index (χ1n) is 8.59. The van der Waals surface area contributed by atoms with E-state index in [1.165, 1.54) is 42.6 Å². The minimum atomic E-state index is -1.14. The number of thiazole rings is 1. The number of carbonyl (C=O) groups excluding carboxylic acids is 2. The van der Waals surface area contributed by atoms with Crippen molar-refractivity contribution in [1.82, 2.24) is 4.98 Å². The number of nitrogens with zero attached hydrogens (tertiary/aromatic N) is 3. The van der Waals surface area contributed by atoms with Gasteiger partial charge in [-0.25, -0.2) is 9.37 Å². The van der Waals surface area contributed by atoms with Crippen LogP contribution in [0.15, 0.2) is 65.7 Å². The number of ketones is 1. The Morgan fingerprint density at radius 3 is 2.57 bits per heavy atom. The predicted molar refractivity (Wildman–Crippen MR) is 106 cm³/mol. The number of benzene rings is 2. The van der Waals surface area contributed by atoms with Crippen molar-refractivity contribution >= 4 is 39.6 Å². The zero-order chi connectivity index (χ0) is 21.4. The molecular weight excluding hydrogens is 413 g/mol. The molecule has 150 valence electrons. The highest BCUT2D eigenvalue weighted by atomic mass is 32.1. The van der Waals surface area contributed by atoms with E-state index in [4.69, 9.17) is 0 Å². The van der Waals surface area contributed by atoms with E-state index in [9.17, 15) is 29.2 Å². The smallest absolute Gasteiger partial charge is 0.301 e. The first-order valence-corrected chi connectivity index (χ1v) is 9.47. The van der Waals surface area contributed by atoms with Crippen LogP contribution in [0.5, 0.6) is 0 Å². The van der Waals surface area contributed by atoms with Crippen molar-refractivity contribution in [3.63, 3.8) is 0 Å². The van der Waals surface area contributed by atoms with Crippen LogP contribution in [0.25, 0.3) is 5.76 Å². The van der Waals surface area contributed by atoms with Gasteiger partial charge in [-0.15, -0.1) is 11.3 Å². The first kappa shape index (κ1) is 19.4. The molecular formula is C20H12FN3O5S. The molecule has 10 heteroatoms. The fraction of sp³-hybridized carbons (Fsp3) is 0.0500. The SMILES string of the molecule is O=C1C(=O)N(c2nccs2)C(c2cccc([N+](=O)[O-])c2)C1=C(O)c1ccc(F)cc1. The minimum absolute atomic E-state index is 0.129. The molecule has 4 rings (SSSR count). The fourth-order valence-electron chi connectivity index (χ4n) is 3.25. The molecule has 1 aliphatic heterocycles. The summed E-state index contributed by atoms with van der Waals surface area (Å²) < 4.78 is 13.3. The summed E-state index contributed by atoms with van der Waals surface area (Å²) in [7, 11) is 0. The summed E-state index contributed by atoms with van der Waals surface area (Å²) in [4.78, 5) is 41.5. The Balaban J connectivity index is 1.95. The number of hydrogen-bond donors (Lipinski definition) is 1. The molecule has 1 amide bonds. The lowest BCUT2D eigenvalue weighted by Gasteiger charge is -2.22. The standard InChI is InChI=1S/C20H12FN3O5S/c21-13-6-4-11(5-7-13)17(25)15-16(12-2-1-3-14(10-12)24(28)29)23(19(27)18(15)26)20-22-8-9-30-20/h1-10,16,25H. The quantitative estimate of drug-likeness (QED) is 0.224. The lowest BCUT2D eigenvalue weighted by Crippen LogP contribution is -2.29. The largest absolute Gasteiger partial charge is 0.507 e. The lowest BCUT2D eigenvalue weighted by molar-refractivity contribution is -0.384. The van der Waals surface area contributed by atoms with Gasteiger partial charge in [0.1, 0.15) is 11.6 Å². The first-order chi connectivity index (χ1) is 14.4. The Labute approximate surface area is 172 Å². The van der Waals surface area contributed by atoms with E-state index >= 15 is 0 Å². The van der Waals surface area contributed by atoms with Crippen molar-refractivity contribution in [2.45, 2.75) is 6.04 Å². The van der Waals surface area contributed by atoms with Gasteiger partial charge in [-0.1, -0.05) is 12.1 Å². The summed E-state index contributed by atoms with van der Waals surface area (Å²) in [5.41, 5.74) is -0.118. The van der Waals surface area contributed by atoms with Crippen LogP contribution in [0.1, 0.15) is 17.2 Å². The molecule has 8 nitrogen and oxygen atoms in total. The highest BCUT2D eigenvalue weighted by molar-refractivity contribution is 7.14. The van der Waals surface area contributed by atoms with E-state index in [1.807, 2.05) is 0 Å². The highest BCUT2D eigenvalue weighted by Crippen LogP contribution is 2.43. The van der Waals surface area contributed by atoms with Gasteiger partial charge in [-0.05, 0) is 29.8 Å². The fourth-order valence-corrected chi connectivity index (χ4v) is 3.92. The lowest BCUT2D eigenvalue weighted by atomic mass is 9.95. The van der Waals surface area contributed by atoms with Crippen LogP contribution in [0.2, 0.25) is 0 Å². The van der Waals surface area contributed by atoms with Crippen molar-refractivity contribution in [3.8, 4) is 0 Å². The van der Waals surface area contributed by atoms with E-state index < -0.39 is 34.2 Å². The maximum absolute atomic E-state index is 13.3. The van der Waals surface area contributed by atoms with Gasteiger partial charge in [-0.3, -0.25) is 24.6 Å². The van der Waals surface area contributed by atoms with Crippen molar-refractivity contribution < 1.29 is 24.0 Å². The third-order valence-corrected chi connectivity index (χ3v) is 5.35. The minimum Gasteiger partial charge on any atom is -0.507 e. The van der Waals surface area contributed by atoms with Gasteiger partial charge in [0.2, 0.25) is 0 Å². The maximum Gasteiger partial charge on any atom is 0.301 e. The average molecular weight is 425 g/mol. The molecule has 0 bridgehead atoms. The van der Waals surface area contributed by atoms with Gasteiger partial charge in [-0.2, -0.15) is 0 Å². The number of nitro benzene ring substituents is 1. The number of amides is 1. The van der Waals surface area contributed by atoms with Gasteiger partial charge in [0.15, 0.2) is 5.13 Å². The number of carbonyl (C=O) groups is 2. The Morgan fingerprint density at radius 1 is 1.20 bits per heavy atom. The molecule has 1 N–H and O–H groups in total. The Bertz CT molecular complexity index is 1190. The Morgan fingerprint density at radius 2 is 1.93 bits per heavy atom. The second kappa shape index (κ2) is 7.48. The van der Waals surface area contributed by atoms with Gasteiger partial charge in [0.25, 0.3) is 11.5 Å². The maximum atomic E-state index is 13.3. The third kappa shape index (κ3) is 3.22. The van der Waals surface area contributed by atoms with Crippen LogP contribution in [0, 0.1) is 15.9 Å². The number of rotatable bonds is 4. The monoisotopic (exact) mass is 425 g/mol. The van der Waals surface area contributed by atoms with Gasteiger partial charge in [0.05, 0.1) is 16.5 Å². The van der Waals surface area contributed by atoms with Crippen LogP contribution >= 0.6 is 11.3 Å². The van der Waals surface area contributed by atoms with Gasteiger partial charge in [0, 0.05) is 29.3 Å². The van der Waals surface area contributed by atoms with Crippen molar-refractivity contribution in [2.24, 2.45) is 0 Å². The molecule has 1 fully saturated rings. The Kier molecular flexibility index (Phi) is 4.84. The molecule has 30 heavy (non-hydrogen) atoms. The molecule has 0 aliphatic carbocycles. The molecule has 0 spiro atoms. The second-order valence-corrected chi connectivity index (χ2v) is 7.22. The topological polar surface area (TPSA) is 114 Å². The van der Waals surface area contributed by atoms with Crippen LogP contribution in [-0.2, 0) is 9.59 Å². The molecule has 1 saturated heterocycles. The summed E-state index contributed by atoms with van der Waals surface area (Å²) >= 11 is 1.10. The van der Waals surface area contributed by atoms with Crippen molar-refractivity contribution in [2.75, 3.05) is 4.90 Å². The second-order valence-electron chi connectivity index (χ2n) is 6.34. The summed E-state index contributed by atoms with van der Waals surface area (Å²) in [6, 6.07) is 9.06. The molecule has 0 saturated carbocycles. The van der Waals surface area contributed by atoms with E-state index in [2.05, 4.69) is 4.98 Å². The van der Waals surface area contributed by atoms with E-state index in [0.29, 0.717) is 0 Å². The molecule has 2 aromatic carbocycles. The Hall–Kier alpha value is -3.92. The zero-order valence-electron chi connectivity index (χ0n) is 15.1. The van der Waals surface area contributed by atoms with Crippen LogP contribution < -0.4 is 4.90 Å². The molecule has 0 radical (unpaired) electrons. The average Bonchev–Trinajstić information content (AvgIpc) is 3.35. The van der Waals surface area contributed by atoms with Crippen molar-refractivity contribution in [3.05, 3.63) is 92.7 Å². The van der Waals surface area contributed by atoms with Crippen LogP contribution in [0.4, 0.5) is 15.2 Å². The number of non-ortho nitro benzene ring substituents is 1. The molecule has 1 aromatic heterocycles. The van der Waals surface area contributed by atoms with Gasteiger partial charge < -0.3 is 5.11 Å². The number of hydrogen-bond acceptors (Lipinski definition) is 7. The van der Waals surface area contributed by atoms with E-state index in [1.54, 1.807) is 5.38 Å². The molecule has 1 aliphatic rings. The molecule has 1 atom stereocenters. The number of aliphatic hydroxyl groups is 1. The van der Waals surface area contributed by atoms with Crippen LogP contribution in [0.3, 0.4) is 0 Å². The zero-order valence-corrected chi connectivity index (χ0v) is 15.9. The number of aromatic nitrogens is 1. The number of aliphatic hydroxyl groups excluding tert-OH is 1. The summed E-state index contributed by atoms with van der Waals surface area (Å²) in [5, 5.41) is 23.9. The molecule has 3 aromatic rings. The van der Waals surface area contributed by atoms with E-state index in [0.717, 1.165) is 28.4 Å². The van der Waals surface area contributed by atoms with Gasteiger partial charge >= 0.3 is 5.91 Å². The van der Waals surface area contributed by atoms with Crippen molar-refractivity contribution in [1.29, 1.82) is 0 Å². The van der Waals surface area contributed by atoms with Crippen LogP contribution in [-0.4, -0.2) is 26.7 Å². The molecule has 2 heterocycles. The number of Topliss-reactive ketones (excluding diaryl/α,β-unsaturated/α-hetero) is 1. The summed E-state index contributed by atoms with van der Waals surface area (Å²) in [6.07, 6.45) is 1.45. The number of anilines is 1. The highest BCUT2D eigenvalue weighted by Gasteiger charge is 2.48. The normalized spacial score (nSPS) is 18.0. The van der Waals surface area contributed by atoms with E-state index in [-0.39, 0.29) is 27.5 Å². The number of nitro groups is 1. The third-order valence-electron chi connectivity index (χ3n) is 4.58. The number of halogens is 1. The summed E-state index contributed by atoms with van der Waals surface area (Å²) in [6.45, 7) is 0. The predicted octanol–water partition coefficient (Wildman–Crippen LogP) is 3.82. The summed E-state index contributed by atoms with van der Waals surface area (Å²) in [5.74, 6) is -2.94.